The highest BCUT2D eigenvalue weighted by atomic mass is 19.3. The Morgan fingerprint density at radius 1 is 1.33 bits per heavy atom. The van der Waals surface area contributed by atoms with E-state index < -0.39 is 6.93 Å². The number of pyridine rings is 1. The number of aryl methyl sites for hydroxylation is 1. The number of halogens is 2. The Morgan fingerprint density at radius 3 is 2.67 bits per heavy atom. The lowest BCUT2D eigenvalue weighted by Crippen LogP contribution is -2.36. The minimum absolute atomic E-state index is 0. The van der Waals surface area contributed by atoms with E-state index in [1.54, 1.807) is 12.5 Å². The topological polar surface area (TPSA) is 59.8 Å². The van der Waals surface area contributed by atoms with E-state index in [2.05, 4.69) is 15.3 Å². The van der Waals surface area contributed by atoms with Gasteiger partial charge in [0.05, 0.1) is 0 Å². The predicted molar refractivity (Wildman–Crippen MR) is 89.6 cm³/mol. The molecule has 1 saturated carbocycles. The Morgan fingerprint density at radius 2 is 2.04 bits per heavy atom. The number of nitrogens with zero attached hydrogens (tertiary/aromatic N) is 3. The van der Waals surface area contributed by atoms with Gasteiger partial charge in [-0.05, 0) is 37.5 Å². The summed E-state index contributed by atoms with van der Waals surface area (Å²) < 4.78 is 21.1. The van der Waals surface area contributed by atoms with Gasteiger partial charge < -0.3 is 5.32 Å². The molecule has 1 fully saturated rings. The molecule has 2 aromatic rings. The lowest BCUT2D eigenvalue weighted by atomic mass is 9.95. The molecule has 3 rings (SSSR count). The van der Waals surface area contributed by atoms with Crippen molar-refractivity contribution < 1.29 is 15.0 Å². The van der Waals surface area contributed by atoms with Gasteiger partial charge in [-0.1, -0.05) is 19.3 Å². The van der Waals surface area contributed by atoms with Crippen LogP contribution in [0.5, 0.6) is 0 Å². The number of rotatable bonds is 3. The Kier molecular flexibility index (Phi) is 6.84. The molecule has 0 radical (unpaired) electrons. The average molecular weight is 338 g/mol. The van der Waals surface area contributed by atoms with Crippen LogP contribution in [-0.2, 0) is 0 Å². The molecule has 0 saturated heterocycles. The number of hydrogen-bond donors (Lipinski definition) is 1. The maximum absolute atomic E-state index is 12.4. The quantitative estimate of drug-likeness (QED) is 0.927. The van der Waals surface area contributed by atoms with E-state index >= 15 is 0 Å². The summed E-state index contributed by atoms with van der Waals surface area (Å²) in [7, 11) is 0. The molecule has 7 heteroatoms. The third kappa shape index (κ3) is 5.11. The van der Waals surface area contributed by atoms with Crippen LogP contribution in [0.25, 0.3) is 5.82 Å². The van der Waals surface area contributed by atoms with Crippen molar-refractivity contribution in [1.29, 1.82) is 0 Å². The molecule has 1 aliphatic rings. The number of alkyl halides is 2. The molecule has 132 valence electrons. The van der Waals surface area contributed by atoms with E-state index in [1.165, 1.54) is 19.3 Å². The van der Waals surface area contributed by atoms with Gasteiger partial charge in [0.15, 0.2) is 0 Å². The second-order valence-electron chi connectivity index (χ2n) is 5.77. The Balaban J connectivity index is 0.000000730. The summed E-state index contributed by atoms with van der Waals surface area (Å²) in [6, 6.07) is 4.07. The zero-order valence-corrected chi connectivity index (χ0v) is 13.7. The predicted octanol–water partition coefficient (Wildman–Crippen LogP) is 3.77. The fourth-order valence-corrected chi connectivity index (χ4v) is 2.80. The van der Waals surface area contributed by atoms with Crippen LogP contribution in [-0.4, -0.2) is 33.4 Å². The van der Waals surface area contributed by atoms with Crippen molar-refractivity contribution in [2.24, 2.45) is 0 Å². The first-order chi connectivity index (χ1) is 11.6. The van der Waals surface area contributed by atoms with E-state index in [0.717, 1.165) is 24.2 Å². The molecular weight excluding hydrogens is 314 g/mol. The summed E-state index contributed by atoms with van der Waals surface area (Å²) >= 11 is 0. The summed E-state index contributed by atoms with van der Waals surface area (Å²) in [6.45, 7) is 0.222. The van der Waals surface area contributed by atoms with Gasteiger partial charge >= 0.3 is 0 Å². The zero-order valence-electron chi connectivity index (χ0n) is 13.7. The van der Waals surface area contributed by atoms with Crippen LogP contribution in [0.1, 0.15) is 49.6 Å². The van der Waals surface area contributed by atoms with E-state index in [1.807, 2.05) is 29.8 Å². The minimum atomic E-state index is -1.75. The van der Waals surface area contributed by atoms with Crippen molar-refractivity contribution in [3.8, 4) is 5.82 Å². The van der Waals surface area contributed by atoms with Crippen molar-refractivity contribution in [2.75, 3.05) is 6.93 Å². The van der Waals surface area contributed by atoms with Crippen LogP contribution < -0.4 is 5.32 Å². The fourth-order valence-electron chi connectivity index (χ4n) is 2.80. The number of amides is 1. The smallest absolute Gasteiger partial charge is 0.270 e. The van der Waals surface area contributed by atoms with Crippen LogP contribution in [0.4, 0.5) is 8.78 Å². The maximum atomic E-state index is 12.4. The molecule has 5 nitrogen and oxygen atoms in total. The maximum Gasteiger partial charge on any atom is 0.270 e. The normalized spacial score (nSPS) is 14.6. The third-order valence-electron chi connectivity index (χ3n) is 3.90. The highest BCUT2D eigenvalue weighted by molar-refractivity contribution is 5.92. The number of aromatic nitrogens is 3. The first-order valence-corrected chi connectivity index (χ1v) is 8.04. The van der Waals surface area contributed by atoms with Gasteiger partial charge in [-0.15, -0.1) is 0 Å². The van der Waals surface area contributed by atoms with Gasteiger partial charge in [0, 0.05) is 19.9 Å². The zero-order chi connectivity index (χ0) is 17.4. The molecule has 1 amide bonds. The number of hydrogen-bond acceptors (Lipinski definition) is 3. The van der Waals surface area contributed by atoms with Gasteiger partial charge in [0.2, 0.25) is 6.93 Å². The SMILES string of the molecule is Cc1cc(C(=O)NC2CCCCC2)nc(-n2ccnc2)c1.FCF.[HH]. The number of carbonyl (C=O) groups is 1. The fraction of sp³-hybridized carbons (Fsp3) is 0.471. The molecule has 2 aromatic heterocycles. The van der Waals surface area contributed by atoms with Gasteiger partial charge in [0.25, 0.3) is 5.91 Å². The van der Waals surface area contributed by atoms with E-state index in [-0.39, 0.29) is 7.33 Å². The molecule has 0 aliphatic heterocycles. The summed E-state index contributed by atoms with van der Waals surface area (Å²) in [6.07, 6.45) is 11.0. The van der Waals surface area contributed by atoms with Crippen molar-refractivity contribution in [1.82, 2.24) is 19.9 Å². The number of imidazole rings is 1. The Labute approximate surface area is 141 Å². The first-order valence-electron chi connectivity index (χ1n) is 8.04. The molecule has 0 spiro atoms. The van der Waals surface area contributed by atoms with Gasteiger partial charge in [-0.25, -0.2) is 18.7 Å². The summed E-state index contributed by atoms with van der Waals surface area (Å²) in [4.78, 5) is 20.9. The lowest BCUT2D eigenvalue weighted by Gasteiger charge is -2.22. The molecule has 0 atom stereocenters. The first kappa shape index (κ1) is 18.0. The summed E-state index contributed by atoms with van der Waals surface area (Å²) in [5.74, 6) is 0.647. The van der Waals surface area contributed by atoms with E-state index in [4.69, 9.17) is 0 Å². The number of carbonyl (C=O) groups excluding carboxylic acids is 1. The Bertz CT molecular complexity index is 646. The molecule has 0 unspecified atom stereocenters. The van der Waals surface area contributed by atoms with Crippen molar-refractivity contribution >= 4 is 5.91 Å². The molecule has 1 aliphatic carbocycles. The largest absolute Gasteiger partial charge is 0.348 e. The summed E-state index contributed by atoms with van der Waals surface area (Å²) in [5, 5.41) is 3.11. The molecular formula is C17H24F2N4O. The summed E-state index contributed by atoms with van der Waals surface area (Å²) in [5.41, 5.74) is 1.49. The molecule has 0 aromatic carbocycles. The van der Waals surface area contributed by atoms with Crippen LogP contribution in [0.15, 0.2) is 30.9 Å². The van der Waals surface area contributed by atoms with Gasteiger partial charge in [0.1, 0.15) is 17.8 Å². The van der Waals surface area contributed by atoms with Gasteiger partial charge in [-0.3, -0.25) is 9.36 Å². The highest BCUT2D eigenvalue weighted by Crippen LogP contribution is 2.18. The second kappa shape index (κ2) is 9.10. The highest BCUT2D eigenvalue weighted by Gasteiger charge is 2.18. The average Bonchev–Trinajstić information content (AvgIpc) is 3.10. The molecule has 0 bridgehead atoms. The lowest BCUT2D eigenvalue weighted by molar-refractivity contribution is 0.0922. The van der Waals surface area contributed by atoms with Crippen molar-refractivity contribution in [3.05, 3.63) is 42.1 Å². The Hall–Kier alpha value is -2.31. The van der Waals surface area contributed by atoms with E-state index in [0.29, 0.717) is 11.7 Å². The molecule has 2 heterocycles. The van der Waals surface area contributed by atoms with Crippen molar-refractivity contribution in [3.63, 3.8) is 0 Å². The third-order valence-corrected chi connectivity index (χ3v) is 3.90. The number of nitrogens with one attached hydrogen (secondary N) is 1. The monoisotopic (exact) mass is 338 g/mol. The second-order valence-corrected chi connectivity index (χ2v) is 5.77. The van der Waals surface area contributed by atoms with Crippen LogP contribution in [0.2, 0.25) is 0 Å². The van der Waals surface area contributed by atoms with Crippen LogP contribution in [0.3, 0.4) is 0 Å². The standard InChI is InChI=1S/C16H20N4O.CH2F2.H2/c1-12-9-14(16(21)18-13-5-3-2-4-6-13)19-15(10-12)20-8-7-17-11-20;2-1-3;/h7-11,13H,2-6H2,1H3,(H,18,21);1H2;1H. The van der Waals surface area contributed by atoms with Crippen LogP contribution >= 0.6 is 0 Å². The van der Waals surface area contributed by atoms with Crippen LogP contribution in [0, 0.1) is 6.92 Å². The minimum Gasteiger partial charge on any atom is -0.348 e. The van der Waals surface area contributed by atoms with Crippen molar-refractivity contribution in [2.45, 2.75) is 45.1 Å². The van der Waals surface area contributed by atoms with E-state index in [9.17, 15) is 13.6 Å². The molecule has 1 N–H and O–H groups in total. The van der Waals surface area contributed by atoms with Gasteiger partial charge in [-0.2, -0.15) is 0 Å². The molecule has 24 heavy (non-hydrogen) atoms.